The summed E-state index contributed by atoms with van der Waals surface area (Å²) in [5.41, 5.74) is 0.520. The van der Waals surface area contributed by atoms with Crippen LogP contribution < -0.4 is 5.32 Å². The lowest BCUT2D eigenvalue weighted by atomic mass is 10.1. The molecule has 0 aliphatic heterocycles. The Morgan fingerprint density at radius 1 is 1.41 bits per heavy atom. The maximum absolute atomic E-state index is 11.8. The van der Waals surface area contributed by atoms with E-state index in [9.17, 15) is 9.90 Å². The molecule has 4 heteroatoms. The van der Waals surface area contributed by atoms with E-state index in [1.165, 1.54) is 6.08 Å². The zero-order chi connectivity index (χ0) is 12.7. The van der Waals surface area contributed by atoms with Crippen molar-refractivity contribution in [3.05, 3.63) is 48.6 Å². The molecule has 0 unspecified atom stereocenters. The summed E-state index contributed by atoms with van der Waals surface area (Å²) < 4.78 is 0. The largest absolute Gasteiger partial charge is 0.396 e. The van der Waals surface area contributed by atoms with Gasteiger partial charge in [-0.05, 0) is 18.6 Å². The van der Waals surface area contributed by atoms with Gasteiger partial charge in [0.25, 0.3) is 5.91 Å². The summed E-state index contributed by atoms with van der Waals surface area (Å²) in [6.45, 7) is 3.35. The molecule has 2 atom stereocenters. The highest BCUT2D eigenvalue weighted by molar-refractivity contribution is 5.94. The van der Waals surface area contributed by atoms with Crippen LogP contribution in [0.5, 0.6) is 0 Å². The third-order valence-electron chi connectivity index (χ3n) is 2.45. The van der Waals surface area contributed by atoms with Crippen molar-refractivity contribution in [3.8, 4) is 0 Å². The summed E-state index contributed by atoms with van der Waals surface area (Å²) in [5.74, 6) is -0.273. The average molecular weight is 235 g/mol. The van der Waals surface area contributed by atoms with Crippen molar-refractivity contribution in [3.63, 3.8) is 0 Å². The van der Waals surface area contributed by atoms with Crippen LogP contribution in [-0.4, -0.2) is 34.9 Å². The van der Waals surface area contributed by atoms with Crippen LogP contribution >= 0.6 is 0 Å². The number of benzene rings is 1. The molecule has 1 aromatic rings. The quantitative estimate of drug-likeness (QED) is 0.636. The SMILES string of the molecule is C=C[C@H](O)[C@H](CCO)NC(=O)c1ccccc1. The highest BCUT2D eigenvalue weighted by atomic mass is 16.3. The number of amides is 1. The van der Waals surface area contributed by atoms with Gasteiger partial charge in [0.05, 0.1) is 12.1 Å². The standard InChI is InChI=1S/C13H17NO3/c1-2-12(16)11(8-9-15)14-13(17)10-6-4-3-5-7-10/h2-7,11-12,15-16H,1,8-9H2,(H,14,17)/t11-,12-/m0/s1. The van der Waals surface area contributed by atoms with E-state index in [0.717, 1.165) is 0 Å². The molecule has 1 aromatic carbocycles. The highest BCUT2D eigenvalue weighted by Gasteiger charge is 2.18. The minimum atomic E-state index is -0.866. The lowest BCUT2D eigenvalue weighted by molar-refractivity contribution is 0.0861. The van der Waals surface area contributed by atoms with Gasteiger partial charge in [0, 0.05) is 12.2 Å². The number of hydrogen-bond acceptors (Lipinski definition) is 3. The van der Waals surface area contributed by atoms with Crippen molar-refractivity contribution in [1.82, 2.24) is 5.32 Å². The van der Waals surface area contributed by atoms with Gasteiger partial charge in [-0.1, -0.05) is 24.3 Å². The molecule has 0 bridgehead atoms. The van der Waals surface area contributed by atoms with E-state index in [0.29, 0.717) is 5.56 Å². The van der Waals surface area contributed by atoms with Gasteiger partial charge < -0.3 is 15.5 Å². The van der Waals surface area contributed by atoms with Crippen molar-refractivity contribution in [1.29, 1.82) is 0 Å². The molecule has 4 nitrogen and oxygen atoms in total. The maximum Gasteiger partial charge on any atom is 0.251 e. The molecule has 1 amide bonds. The van der Waals surface area contributed by atoms with Gasteiger partial charge in [-0.3, -0.25) is 4.79 Å². The Labute approximate surface area is 101 Å². The van der Waals surface area contributed by atoms with Crippen molar-refractivity contribution < 1.29 is 15.0 Å². The van der Waals surface area contributed by atoms with Crippen LogP contribution in [0.25, 0.3) is 0 Å². The van der Waals surface area contributed by atoms with Crippen LogP contribution in [0.3, 0.4) is 0 Å². The van der Waals surface area contributed by atoms with E-state index in [4.69, 9.17) is 5.11 Å². The first-order valence-corrected chi connectivity index (χ1v) is 5.46. The minimum Gasteiger partial charge on any atom is -0.396 e. The van der Waals surface area contributed by atoms with Gasteiger partial charge in [0.15, 0.2) is 0 Å². The molecule has 92 valence electrons. The summed E-state index contributed by atoms with van der Waals surface area (Å²) >= 11 is 0. The van der Waals surface area contributed by atoms with Crippen molar-refractivity contribution >= 4 is 5.91 Å². The Morgan fingerprint density at radius 3 is 2.59 bits per heavy atom. The summed E-state index contributed by atoms with van der Waals surface area (Å²) in [6, 6.07) is 8.20. The summed E-state index contributed by atoms with van der Waals surface area (Å²) in [6.07, 6.45) is 0.756. The number of carbonyl (C=O) groups is 1. The lowest BCUT2D eigenvalue weighted by Crippen LogP contribution is -2.43. The fourth-order valence-corrected chi connectivity index (χ4v) is 1.47. The van der Waals surface area contributed by atoms with Crippen molar-refractivity contribution in [2.24, 2.45) is 0 Å². The first kappa shape index (κ1) is 13.4. The predicted octanol–water partition coefficient (Wildman–Crippen LogP) is 0.714. The topological polar surface area (TPSA) is 69.6 Å². The Balaban J connectivity index is 2.67. The van der Waals surface area contributed by atoms with Crippen LogP contribution in [-0.2, 0) is 0 Å². The zero-order valence-electron chi connectivity index (χ0n) is 9.54. The van der Waals surface area contributed by atoms with Gasteiger partial charge in [0.2, 0.25) is 0 Å². The fourth-order valence-electron chi connectivity index (χ4n) is 1.47. The Hall–Kier alpha value is -1.65. The average Bonchev–Trinajstić information content (AvgIpc) is 2.38. The third kappa shape index (κ3) is 4.01. The van der Waals surface area contributed by atoms with E-state index in [-0.39, 0.29) is 18.9 Å². The van der Waals surface area contributed by atoms with Gasteiger partial charge in [-0.15, -0.1) is 6.58 Å². The van der Waals surface area contributed by atoms with Crippen LogP contribution in [0.15, 0.2) is 43.0 Å². The number of rotatable bonds is 6. The van der Waals surface area contributed by atoms with Crippen LogP contribution in [0.2, 0.25) is 0 Å². The molecule has 0 spiro atoms. The van der Waals surface area contributed by atoms with Crippen molar-refractivity contribution in [2.45, 2.75) is 18.6 Å². The molecule has 0 aliphatic rings. The molecule has 0 aromatic heterocycles. The van der Waals surface area contributed by atoms with E-state index in [2.05, 4.69) is 11.9 Å². The zero-order valence-corrected chi connectivity index (χ0v) is 9.54. The normalized spacial score (nSPS) is 13.8. The minimum absolute atomic E-state index is 0.107. The summed E-state index contributed by atoms with van der Waals surface area (Å²) in [4.78, 5) is 11.8. The third-order valence-corrected chi connectivity index (χ3v) is 2.45. The molecule has 0 radical (unpaired) electrons. The monoisotopic (exact) mass is 235 g/mol. The first-order valence-electron chi connectivity index (χ1n) is 5.46. The molecule has 0 fully saturated rings. The van der Waals surface area contributed by atoms with E-state index < -0.39 is 12.1 Å². The van der Waals surface area contributed by atoms with Gasteiger partial charge in [0.1, 0.15) is 0 Å². The second-order valence-corrected chi connectivity index (χ2v) is 3.68. The molecule has 0 aliphatic carbocycles. The molecule has 17 heavy (non-hydrogen) atoms. The highest BCUT2D eigenvalue weighted by Crippen LogP contribution is 2.04. The summed E-state index contributed by atoms with van der Waals surface area (Å²) in [7, 11) is 0. The predicted molar refractivity (Wildman–Crippen MR) is 65.6 cm³/mol. The number of nitrogens with one attached hydrogen (secondary N) is 1. The molecule has 0 saturated carbocycles. The van der Waals surface area contributed by atoms with Gasteiger partial charge in [-0.2, -0.15) is 0 Å². The van der Waals surface area contributed by atoms with Gasteiger partial charge >= 0.3 is 0 Å². The Kier molecular flexibility index (Phi) is 5.39. The number of carbonyl (C=O) groups excluding carboxylic acids is 1. The van der Waals surface area contributed by atoms with E-state index in [1.807, 2.05) is 6.07 Å². The summed E-state index contributed by atoms with van der Waals surface area (Å²) in [5, 5.41) is 21.1. The molecule has 3 N–H and O–H groups in total. The number of aliphatic hydroxyl groups excluding tert-OH is 2. The van der Waals surface area contributed by atoms with Gasteiger partial charge in [-0.25, -0.2) is 0 Å². The molecule has 1 rings (SSSR count). The van der Waals surface area contributed by atoms with Crippen LogP contribution in [0.1, 0.15) is 16.8 Å². The Bertz CT molecular complexity index is 364. The lowest BCUT2D eigenvalue weighted by Gasteiger charge is -2.21. The maximum atomic E-state index is 11.8. The molecule has 0 heterocycles. The van der Waals surface area contributed by atoms with Crippen molar-refractivity contribution in [2.75, 3.05) is 6.61 Å². The molecular formula is C13H17NO3. The number of aliphatic hydroxyl groups is 2. The van der Waals surface area contributed by atoms with Crippen LogP contribution in [0, 0.1) is 0 Å². The second-order valence-electron chi connectivity index (χ2n) is 3.68. The Morgan fingerprint density at radius 2 is 2.06 bits per heavy atom. The molecular weight excluding hydrogens is 218 g/mol. The molecule has 0 saturated heterocycles. The van der Waals surface area contributed by atoms with E-state index >= 15 is 0 Å². The smallest absolute Gasteiger partial charge is 0.251 e. The first-order chi connectivity index (χ1) is 8.19. The van der Waals surface area contributed by atoms with Crippen LogP contribution in [0.4, 0.5) is 0 Å². The second kappa shape index (κ2) is 6.83. The number of hydrogen-bond donors (Lipinski definition) is 3. The fraction of sp³-hybridized carbons (Fsp3) is 0.308. The van der Waals surface area contributed by atoms with E-state index in [1.54, 1.807) is 24.3 Å².